The first-order valence-electron chi connectivity index (χ1n) is 9.83. The Morgan fingerprint density at radius 3 is 2.54 bits per heavy atom. The van der Waals surface area contributed by atoms with Crippen LogP contribution in [0.1, 0.15) is 65.7 Å². The molecule has 5 nitrogen and oxygen atoms in total. The second kappa shape index (κ2) is 10.2. The highest BCUT2D eigenvalue weighted by Crippen LogP contribution is 2.34. The van der Waals surface area contributed by atoms with Crippen molar-refractivity contribution in [1.29, 1.82) is 0 Å². The van der Waals surface area contributed by atoms with Crippen molar-refractivity contribution in [2.24, 2.45) is 10.4 Å². The molecule has 0 bridgehead atoms. The van der Waals surface area contributed by atoms with Gasteiger partial charge in [-0.15, -0.1) is 0 Å². The van der Waals surface area contributed by atoms with Gasteiger partial charge in [0.25, 0.3) is 0 Å². The van der Waals surface area contributed by atoms with Crippen molar-refractivity contribution in [1.82, 2.24) is 10.6 Å². The zero-order chi connectivity index (χ0) is 17.3. The molecule has 1 aliphatic carbocycles. The number of ether oxygens (including phenoxy) is 2. The maximum Gasteiger partial charge on any atom is 0.191 e. The van der Waals surface area contributed by atoms with E-state index in [1.807, 2.05) is 0 Å². The van der Waals surface area contributed by atoms with Gasteiger partial charge in [0.2, 0.25) is 0 Å². The van der Waals surface area contributed by atoms with Crippen molar-refractivity contribution < 1.29 is 9.47 Å². The van der Waals surface area contributed by atoms with Crippen molar-refractivity contribution in [3.05, 3.63) is 0 Å². The predicted molar refractivity (Wildman–Crippen MR) is 99.6 cm³/mol. The van der Waals surface area contributed by atoms with Crippen LogP contribution in [-0.4, -0.2) is 51.0 Å². The SMILES string of the molecule is CCNC(=NCCCOC1CCOCC1)NC1CCC(C)(C)CC1. The van der Waals surface area contributed by atoms with Gasteiger partial charge in [-0.3, -0.25) is 4.99 Å². The molecule has 0 aromatic rings. The third kappa shape index (κ3) is 7.39. The number of nitrogens with zero attached hydrogens (tertiary/aromatic N) is 1. The zero-order valence-electron chi connectivity index (χ0n) is 15.9. The van der Waals surface area contributed by atoms with Crippen LogP contribution in [-0.2, 0) is 9.47 Å². The third-order valence-corrected chi connectivity index (χ3v) is 5.12. The summed E-state index contributed by atoms with van der Waals surface area (Å²) >= 11 is 0. The molecule has 24 heavy (non-hydrogen) atoms. The molecular formula is C19H37N3O2. The first-order chi connectivity index (χ1) is 11.6. The highest BCUT2D eigenvalue weighted by Gasteiger charge is 2.27. The first kappa shape index (κ1) is 19.5. The fourth-order valence-electron chi connectivity index (χ4n) is 3.41. The lowest BCUT2D eigenvalue weighted by molar-refractivity contribution is -0.0318. The molecule has 2 N–H and O–H groups in total. The van der Waals surface area contributed by atoms with Crippen LogP contribution in [0.3, 0.4) is 0 Å². The Kier molecular flexibility index (Phi) is 8.33. The number of rotatable bonds is 7. The standard InChI is InChI=1S/C19H37N3O2/c1-4-20-18(22-16-6-10-19(2,3)11-7-16)21-12-5-13-24-17-8-14-23-15-9-17/h16-17H,4-15H2,1-3H3,(H2,20,21,22). The average molecular weight is 340 g/mol. The molecule has 0 radical (unpaired) electrons. The average Bonchev–Trinajstić information content (AvgIpc) is 2.57. The monoisotopic (exact) mass is 339 g/mol. The molecule has 0 unspecified atom stereocenters. The van der Waals surface area contributed by atoms with Crippen molar-refractivity contribution in [2.45, 2.75) is 77.9 Å². The molecule has 1 aliphatic heterocycles. The lowest BCUT2D eigenvalue weighted by atomic mass is 9.75. The number of guanidine groups is 1. The first-order valence-corrected chi connectivity index (χ1v) is 9.83. The van der Waals surface area contributed by atoms with E-state index in [0.29, 0.717) is 17.6 Å². The molecule has 2 fully saturated rings. The van der Waals surface area contributed by atoms with Gasteiger partial charge in [-0.05, 0) is 57.3 Å². The molecule has 1 saturated carbocycles. The Hall–Kier alpha value is -0.810. The van der Waals surface area contributed by atoms with Gasteiger partial charge in [0.15, 0.2) is 5.96 Å². The number of hydrogen-bond acceptors (Lipinski definition) is 3. The lowest BCUT2D eigenvalue weighted by Gasteiger charge is -2.35. The Morgan fingerprint density at radius 1 is 1.17 bits per heavy atom. The molecule has 5 heteroatoms. The van der Waals surface area contributed by atoms with Crippen LogP contribution < -0.4 is 10.6 Å². The zero-order valence-corrected chi connectivity index (χ0v) is 15.9. The highest BCUT2D eigenvalue weighted by atomic mass is 16.5. The predicted octanol–water partition coefficient (Wildman–Crippen LogP) is 3.10. The Balaban J connectivity index is 1.64. The number of aliphatic imine (C=N–C) groups is 1. The van der Waals surface area contributed by atoms with E-state index in [1.165, 1.54) is 25.7 Å². The van der Waals surface area contributed by atoms with Gasteiger partial charge in [0.1, 0.15) is 0 Å². The van der Waals surface area contributed by atoms with Crippen LogP contribution in [0.15, 0.2) is 4.99 Å². The van der Waals surface area contributed by atoms with Crippen molar-refractivity contribution in [2.75, 3.05) is 32.9 Å². The van der Waals surface area contributed by atoms with E-state index in [9.17, 15) is 0 Å². The summed E-state index contributed by atoms with van der Waals surface area (Å²) in [5.41, 5.74) is 0.509. The molecule has 2 aliphatic rings. The van der Waals surface area contributed by atoms with Crippen LogP contribution in [0.5, 0.6) is 0 Å². The van der Waals surface area contributed by atoms with Gasteiger partial charge in [-0.25, -0.2) is 0 Å². The summed E-state index contributed by atoms with van der Waals surface area (Å²) in [6.07, 6.45) is 8.50. The fourth-order valence-corrected chi connectivity index (χ4v) is 3.41. The summed E-state index contributed by atoms with van der Waals surface area (Å²) in [7, 11) is 0. The Morgan fingerprint density at radius 2 is 1.88 bits per heavy atom. The quantitative estimate of drug-likeness (QED) is 0.425. The van der Waals surface area contributed by atoms with Crippen LogP contribution in [0.2, 0.25) is 0 Å². The van der Waals surface area contributed by atoms with Gasteiger partial charge in [0, 0.05) is 39.0 Å². The highest BCUT2D eigenvalue weighted by molar-refractivity contribution is 5.80. The molecule has 0 aromatic carbocycles. The van der Waals surface area contributed by atoms with Gasteiger partial charge >= 0.3 is 0 Å². The summed E-state index contributed by atoms with van der Waals surface area (Å²) < 4.78 is 11.3. The molecular weight excluding hydrogens is 302 g/mol. The third-order valence-electron chi connectivity index (χ3n) is 5.12. The topological polar surface area (TPSA) is 54.9 Å². The molecule has 0 aromatic heterocycles. The molecule has 0 atom stereocenters. The summed E-state index contributed by atoms with van der Waals surface area (Å²) in [4.78, 5) is 4.72. The minimum Gasteiger partial charge on any atom is -0.381 e. The molecule has 0 amide bonds. The van der Waals surface area contributed by atoms with E-state index in [2.05, 4.69) is 31.4 Å². The van der Waals surface area contributed by atoms with Crippen LogP contribution in [0, 0.1) is 5.41 Å². The van der Waals surface area contributed by atoms with E-state index < -0.39 is 0 Å². The second-order valence-electron chi connectivity index (χ2n) is 7.88. The van der Waals surface area contributed by atoms with Gasteiger partial charge in [-0.2, -0.15) is 0 Å². The van der Waals surface area contributed by atoms with Crippen molar-refractivity contribution in [3.63, 3.8) is 0 Å². The second-order valence-corrected chi connectivity index (χ2v) is 7.88. The number of hydrogen-bond donors (Lipinski definition) is 2. The molecule has 1 heterocycles. The maximum atomic E-state index is 5.91. The van der Waals surface area contributed by atoms with E-state index >= 15 is 0 Å². The number of nitrogens with one attached hydrogen (secondary N) is 2. The van der Waals surface area contributed by atoms with E-state index in [0.717, 1.165) is 58.1 Å². The summed E-state index contributed by atoms with van der Waals surface area (Å²) in [6, 6.07) is 0.564. The van der Waals surface area contributed by atoms with E-state index in [4.69, 9.17) is 14.5 Å². The Labute approximate surface area is 148 Å². The van der Waals surface area contributed by atoms with Crippen LogP contribution >= 0.6 is 0 Å². The van der Waals surface area contributed by atoms with Gasteiger partial charge in [0.05, 0.1) is 6.10 Å². The molecule has 0 spiro atoms. The van der Waals surface area contributed by atoms with E-state index in [-0.39, 0.29) is 0 Å². The van der Waals surface area contributed by atoms with Gasteiger partial charge < -0.3 is 20.1 Å². The molecule has 140 valence electrons. The van der Waals surface area contributed by atoms with Crippen molar-refractivity contribution >= 4 is 5.96 Å². The van der Waals surface area contributed by atoms with Crippen LogP contribution in [0.4, 0.5) is 0 Å². The normalized spacial score (nSPS) is 23.2. The Bertz CT molecular complexity index is 369. The summed E-state index contributed by atoms with van der Waals surface area (Å²) in [6.45, 7) is 11.1. The van der Waals surface area contributed by atoms with Gasteiger partial charge in [-0.1, -0.05) is 13.8 Å². The minimum absolute atomic E-state index is 0.389. The van der Waals surface area contributed by atoms with Crippen LogP contribution in [0.25, 0.3) is 0 Å². The summed E-state index contributed by atoms with van der Waals surface area (Å²) in [5.74, 6) is 0.966. The molecule has 1 saturated heterocycles. The largest absolute Gasteiger partial charge is 0.381 e. The lowest BCUT2D eigenvalue weighted by Crippen LogP contribution is -2.45. The summed E-state index contributed by atoms with van der Waals surface area (Å²) in [5, 5.41) is 6.99. The van der Waals surface area contributed by atoms with Crippen molar-refractivity contribution in [3.8, 4) is 0 Å². The smallest absolute Gasteiger partial charge is 0.191 e. The minimum atomic E-state index is 0.389. The maximum absolute atomic E-state index is 5.91. The molecule has 2 rings (SSSR count). The van der Waals surface area contributed by atoms with E-state index in [1.54, 1.807) is 0 Å². The fraction of sp³-hybridized carbons (Fsp3) is 0.947.